The number of carbonyl (C=O) groups is 2. The third kappa shape index (κ3) is 4.73. The second-order valence-electron chi connectivity index (χ2n) is 8.95. The van der Waals surface area contributed by atoms with Gasteiger partial charge < -0.3 is 11.1 Å². The number of carbonyl (C=O) groups excluding carboxylic acids is 2. The Hall–Kier alpha value is -3.87. The summed E-state index contributed by atoms with van der Waals surface area (Å²) in [5.41, 5.74) is 4.98. The van der Waals surface area contributed by atoms with Crippen molar-refractivity contribution in [2.24, 2.45) is 5.73 Å². The third-order valence-electron chi connectivity index (χ3n) is 6.26. The fourth-order valence-corrected chi connectivity index (χ4v) is 5.26. The molecule has 198 valence electrons. The number of rotatable bonds is 7. The van der Waals surface area contributed by atoms with Crippen molar-refractivity contribution in [2.45, 2.75) is 44.3 Å². The van der Waals surface area contributed by atoms with E-state index in [0.717, 1.165) is 22.1 Å². The van der Waals surface area contributed by atoms with Gasteiger partial charge >= 0.3 is 6.18 Å². The van der Waals surface area contributed by atoms with E-state index < -0.39 is 41.8 Å². The topological polar surface area (TPSA) is 103 Å². The molecule has 0 saturated heterocycles. The van der Waals surface area contributed by atoms with Gasteiger partial charge in [0, 0.05) is 17.0 Å². The van der Waals surface area contributed by atoms with Gasteiger partial charge in [-0.3, -0.25) is 14.3 Å². The number of hydrogen-bond donors (Lipinski definition) is 2. The average Bonchev–Trinajstić information content (AvgIpc) is 3.50. The summed E-state index contributed by atoms with van der Waals surface area (Å²) in [6, 6.07) is 9.40. The Kier molecular flexibility index (Phi) is 6.41. The van der Waals surface area contributed by atoms with Crippen LogP contribution in [0.15, 0.2) is 42.5 Å². The van der Waals surface area contributed by atoms with Gasteiger partial charge in [-0.25, -0.2) is 13.8 Å². The van der Waals surface area contributed by atoms with Gasteiger partial charge in [-0.15, -0.1) is 11.3 Å². The number of anilines is 1. The minimum absolute atomic E-state index is 0.0438. The van der Waals surface area contributed by atoms with Crippen molar-refractivity contribution in [1.29, 1.82) is 0 Å². The normalized spacial score (nSPS) is 14.7. The molecule has 1 aromatic carbocycles. The van der Waals surface area contributed by atoms with Gasteiger partial charge in [-0.2, -0.15) is 18.3 Å². The number of pyridine rings is 1. The first-order valence-electron chi connectivity index (χ1n) is 11.5. The minimum atomic E-state index is -4.69. The lowest BCUT2D eigenvalue weighted by Gasteiger charge is -2.17. The predicted octanol–water partition coefficient (Wildman–Crippen LogP) is 6.29. The zero-order chi connectivity index (χ0) is 27.4. The zero-order valence-electron chi connectivity index (χ0n) is 19.7. The summed E-state index contributed by atoms with van der Waals surface area (Å²) in [5.74, 6) is -1.83. The molecule has 1 aliphatic rings. The van der Waals surface area contributed by atoms with Crippen molar-refractivity contribution in [2.75, 3.05) is 5.32 Å². The van der Waals surface area contributed by atoms with E-state index in [1.54, 1.807) is 30.3 Å². The van der Waals surface area contributed by atoms with Gasteiger partial charge in [0.15, 0.2) is 5.69 Å². The first-order chi connectivity index (χ1) is 18.0. The number of thiophene rings is 1. The summed E-state index contributed by atoms with van der Waals surface area (Å²) in [7, 11) is 0. The maximum absolute atomic E-state index is 13.6. The van der Waals surface area contributed by atoms with Gasteiger partial charge in [-0.1, -0.05) is 30.3 Å². The molecule has 3 aromatic heterocycles. The number of nitrogens with two attached hydrogens (primary N) is 1. The number of primary amides is 1. The molecule has 0 aliphatic heterocycles. The van der Waals surface area contributed by atoms with Crippen molar-refractivity contribution in [3.05, 3.63) is 64.4 Å². The molecule has 1 unspecified atom stereocenters. The second-order valence-corrected chi connectivity index (χ2v) is 9.95. The van der Waals surface area contributed by atoms with Gasteiger partial charge in [0.05, 0.1) is 5.69 Å². The summed E-state index contributed by atoms with van der Waals surface area (Å²) in [4.78, 5) is 29.6. The molecule has 1 atom stereocenters. The van der Waals surface area contributed by atoms with Gasteiger partial charge in [0.25, 0.3) is 12.3 Å². The van der Waals surface area contributed by atoms with E-state index in [0.29, 0.717) is 24.1 Å². The highest BCUT2D eigenvalue weighted by atomic mass is 32.1. The molecule has 0 bridgehead atoms. The molecule has 5 rings (SSSR count). The van der Waals surface area contributed by atoms with Crippen molar-refractivity contribution in [3.8, 4) is 11.1 Å². The quantitative estimate of drug-likeness (QED) is 0.264. The van der Waals surface area contributed by atoms with Crippen LogP contribution in [0.2, 0.25) is 0 Å². The molecule has 7 nitrogen and oxygen atoms in total. The van der Waals surface area contributed by atoms with Crippen LogP contribution in [0, 0.1) is 0 Å². The van der Waals surface area contributed by atoms with Crippen LogP contribution in [-0.2, 0) is 11.0 Å². The summed E-state index contributed by atoms with van der Waals surface area (Å²) in [5, 5.41) is 6.48. The molecule has 2 amide bonds. The lowest BCUT2D eigenvalue weighted by Crippen LogP contribution is -2.27. The molecule has 0 spiro atoms. The largest absolute Gasteiger partial charge is 0.435 e. The molecule has 38 heavy (non-hydrogen) atoms. The fraction of sp³-hybridized carbons (Fsp3) is 0.280. The van der Waals surface area contributed by atoms with Crippen LogP contribution >= 0.6 is 11.3 Å². The Morgan fingerprint density at radius 2 is 1.84 bits per heavy atom. The van der Waals surface area contributed by atoms with Gasteiger partial charge in [0.2, 0.25) is 5.91 Å². The smallest absolute Gasteiger partial charge is 0.365 e. The lowest BCUT2D eigenvalue weighted by atomic mass is 10.0. The average molecular weight is 550 g/mol. The molecule has 13 heteroatoms. The van der Waals surface area contributed by atoms with Crippen molar-refractivity contribution < 1.29 is 31.5 Å². The summed E-state index contributed by atoms with van der Waals surface area (Å²) >= 11 is 0.743. The first kappa shape index (κ1) is 25.8. The number of halogens is 5. The van der Waals surface area contributed by atoms with Crippen molar-refractivity contribution >= 4 is 39.1 Å². The number of alkyl halides is 5. The van der Waals surface area contributed by atoms with E-state index >= 15 is 0 Å². The fourth-order valence-electron chi connectivity index (χ4n) is 4.25. The number of amides is 2. The summed E-state index contributed by atoms with van der Waals surface area (Å²) < 4.78 is 68.4. The number of nitrogens with zero attached hydrogens (tertiary/aromatic N) is 3. The molecule has 3 N–H and O–H groups in total. The minimum Gasteiger partial charge on any atom is -0.365 e. The van der Waals surface area contributed by atoms with Gasteiger partial charge in [0.1, 0.15) is 21.4 Å². The van der Waals surface area contributed by atoms with E-state index in [2.05, 4.69) is 15.4 Å². The van der Waals surface area contributed by atoms with E-state index in [9.17, 15) is 31.5 Å². The Labute approximate surface area is 216 Å². The number of hydrogen-bond acceptors (Lipinski definition) is 5. The molecule has 4 aromatic rings. The van der Waals surface area contributed by atoms with Crippen LogP contribution in [0.1, 0.15) is 64.9 Å². The number of fused-ring (bicyclic) bond motifs is 1. The molecule has 3 heterocycles. The molecule has 0 radical (unpaired) electrons. The Morgan fingerprint density at radius 1 is 1.16 bits per heavy atom. The molecule has 1 saturated carbocycles. The summed E-state index contributed by atoms with van der Waals surface area (Å²) in [6.45, 7) is 1.39. The van der Waals surface area contributed by atoms with Crippen LogP contribution in [0.5, 0.6) is 0 Å². The molecular formula is C25H20F5N5O2S. The van der Waals surface area contributed by atoms with Crippen LogP contribution in [-0.4, -0.2) is 26.6 Å². The van der Waals surface area contributed by atoms with Crippen LogP contribution < -0.4 is 11.1 Å². The van der Waals surface area contributed by atoms with Crippen molar-refractivity contribution in [3.63, 3.8) is 0 Å². The number of benzene rings is 1. The standard InChI is InChI=1S/C25H20F5N5O2S/c1-11(35-16(13-7-8-13)10-17(34-35)25(28,29)30)23(37)33-19-18-14(12-5-3-2-4-6-12)9-15(21(26)27)32-24(18)38-20(19)22(31)36/h2-6,9-11,13,21H,7-8H2,1H3,(H2,31,36)(H,33,37). The number of nitrogens with one attached hydrogen (secondary N) is 1. The predicted molar refractivity (Wildman–Crippen MR) is 131 cm³/mol. The SMILES string of the molecule is CC(C(=O)Nc1c(C(N)=O)sc2nc(C(F)F)cc(-c3ccccc3)c12)n1nc(C(F)(F)F)cc1C1CC1. The molecule has 1 aliphatic carbocycles. The highest BCUT2D eigenvalue weighted by molar-refractivity contribution is 7.21. The zero-order valence-corrected chi connectivity index (χ0v) is 20.5. The highest BCUT2D eigenvalue weighted by Crippen LogP contribution is 2.44. The second kappa shape index (κ2) is 9.46. The van der Waals surface area contributed by atoms with Crippen LogP contribution in [0.4, 0.5) is 27.6 Å². The maximum Gasteiger partial charge on any atom is 0.435 e. The Bertz CT molecular complexity index is 1540. The highest BCUT2D eigenvalue weighted by Gasteiger charge is 2.39. The molecule has 1 fully saturated rings. The molecular weight excluding hydrogens is 529 g/mol. The van der Waals surface area contributed by atoms with Crippen LogP contribution in [0.25, 0.3) is 21.3 Å². The van der Waals surface area contributed by atoms with E-state index in [1.165, 1.54) is 13.0 Å². The van der Waals surface area contributed by atoms with E-state index in [1.807, 2.05) is 0 Å². The maximum atomic E-state index is 13.6. The monoisotopic (exact) mass is 549 g/mol. The lowest BCUT2D eigenvalue weighted by molar-refractivity contribution is -0.141. The third-order valence-corrected chi connectivity index (χ3v) is 7.36. The van der Waals surface area contributed by atoms with Crippen molar-refractivity contribution in [1.82, 2.24) is 14.8 Å². The van der Waals surface area contributed by atoms with E-state index in [4.69, 9.17) is 5.73 Å². The van der Waals surface area contributed by atoms with Crippen LogP contribution in [0.3, 0.4) is 0 Å². The van der Waals surface area contributed by atoms with E-state index in [-0.39, 0.29) is 32.3 Å². The number of aromatic nitrogens is 3. The Balaban J connectivity index is 1.62. The van der Waals surface area contributed by atoms with Gasteiger partial charge in [-0.05, 0) is 43.0 Å². The summed E-state index contributed by atoms with van der Waals surface area (Å²) in [6.07, 6.45) is -6.23. The first-order valence-corrected chi connectivity index (χ1v) is 12.4. The Morgan fingerprint density at radius 3 is 2.42 bits per heavy atom.